The molecule has 106 valence electrons. The van der Waals surface area contributed by atoms with Crippen LogP contribution in [0.5, 0.6) is 0 Å². The topological polar surface area (TPSA) is 29.9 Å². The second kappa shape index (κ2) is 6.90. The number of allylic oxidation sites excluding steroid dienone is 1. The number of aromatic nitrogens is 2. The Morgan fingerprint density at radius 3 is 2.74 bits per heavy atom. The second-order valence-corrected chi connectivity index (χ2v) is 5.88. The van der Waals surface area contributed by atoms with Gasteiger partial charge in [0, 0.05) is 24.7 Å². The van der Waals surface area contributed by atoms with Gasteiger partial charge in [0.1, 0.15) is 0 Å². The lowest BCUT2D eigenvalue weighted by Gasteiger charge is -2.19. The van der Waals surface area contributed by atoms with Gasteiger partial charge < -0.3 is 5.32 Å². The van der Waals surface area contributed by atoms with E-state index in [0.29, 0.717) is 12.1 Å². The molecule has 1 N–H and O–H groups in total. The summed E-state index contributed by atoms with van der Waals surface area (Å²) >= 11 is 0. The predicted molar refractivity (Wildman–Crippen MR) is 80.3 cm³/mol. The van der Waals surface area contributed by atoms with Gasteiger partial charge in [0.2, 0.25) is 0 Å². The highest BCUT2D eigenvalue weighted by atomic mass is 15.3. The van der Waals surface area contributed by atoms with Gasteiger partial charge in [-0.2, -0.15) is 5.10 Å². The SMILES string of the molecule is CNC(CC1=CCCCC1)Cc1ccn(C(C)C)n1. The minimum atomic E-state index is 0.447. The third-order valence-electron chi connectivity index (χ3n) is 3.95. The Morgan fingerprint density at radius 2 is 2.16 bits per heavy atom. The van der Waals surface area contributed by atoms with Crippen molar-refractivity contribution in [3.8, 4) is 0 Å². The van der Waals surface area contributed by atoms with Gasteiger partial charge in [0.15, 0.2) is 0 Å². The summed E-state index contributed by atoms with van der Waals surface area (Å²) < 4.78 is 2.04. The number of rotatable bonds is 6. The van der Waals surface area contributed by atoms with Crippen LogP contribution in [0.2, 0.25) is 0 Å². The van der Waals surface area contributed by atoms with Crippen molar-refractivity contribution in [2.75, 3.05) is 7.05 Å². The van der Waals surface area contributed by atoms with Crippen LogP contribution >= 0.6 is 0 Å². The van der Waals surface area contributed by atoms with Gasteiger partial charge in [-0.05, 0) is 59.1 Å². The molecule has 1 atom stereocenters. The summed E-state index contributed by atoms with van der Waals surface area (Å²) in [5.41, 5.74) is 2.83. The Morgan fingerprint density at radius 1 is 1.32 bits per heavy atom. The fraction of sp³-hybridized carbons (Fsp3) is 0.688. The van der Waals surface area contributed by atoms with Crippen molar-refractivity contribution in [3.05, 3.63) is 29.6 Å². The first kappa shape index (κ1) is 14.3. The van der Waals surface area contributed by atoms with Gasteiger partial charge >= 0.3 is 0 Å². The Labute approximate surface area is 117 Å². The highest BCUT2D eigenvalue weighted by molar-refractivity contribution is 5.10. The summed E-state index contributed by atoms with van der Waals surface area (Å²) in [4.78, 5) is 0. The standard InChI is InChI=1S/C16H27N3/c1-13(2)19-10-9-15(18-19)12-16(17-3)11-14-7-5-4-6-8-14/h7,9-10,13,16-17H,4-6,8,11-12H2,1-3H3. The molecule has 0 saturated carbocycles. The zero-order valence-electron chi connectivity index (χ0n) is 12.5. The fourth-order valence-corrected chi connectivity index (χ4v) is 2.71. The van der Waals surface area contributed by atoms with E-state index < -0.39 is 0 Å². The van der Waals surface area contributed by atoms with Gasteiger partial charge in [0.05, 0.1) is 5.69 Å². The summed E-state index contributed by atoms with van der Waals surface area (Å²) in [5.74, 6) is 0. The van der Waals surface area contributed by atoms with Crippen LogP contribution in [0.3, 0.4) is 0 Å². The molecule has 1 aliphatic rings. The molecule has 3 nitrogen and oxygen atoms in total. The van der Waals surface area contributed by atoms with Crippen molar-refractivity contribution < 1.29 is 0 Å². The number of hydrogen-bond donors (Lipinski definition) is 1. The van der Waals surface area contributed by atoms with Crippen LogP contribution in [0.15, 0.2) is 23.9 Å². The molecule has 0 fully saturated rings. The van der Waals surface area contributed by atoms with Crippen LogP contribution in [0.1, 0.15) is 57.7 Å². The smallest absolute Gasteiger partial charge is 0.0640 e. The summed E-state index contributed by atoms with van der Waals surface area (Å²) in [6.45, 7) is 4.33. The zero-order valence-corrected chi connectivity index (χ0v) is 12.5. The Bertz CT molecular complexity index is 417. The number of likely N-dealkylation sites (N-methyl/N-ethyl adjacent to an activating group) is 1. The number of nitrogens with one attached hydrogen (secondary N) is 1. The molecule has 0 amide bonds. The van der Waals surface area contributed by atoms with E-state index in [9.17, 15) is 0 Å². The Kier molecular flexibility index (Phi) is 5.20. The molecule has 0 spiro atoms. The predicted octanol–water partition coefficient (Wildman–Crippen LogP) is 3.49. The minimum Gasteiger partial charge on any atom is -0.316 e. The molecular formula is C16H27N3. The average Bonchev–Trinajstić information content (AvgIpc) is 2.88. The van der Waals surface area contributed by atoms with Gasteiger partial charge in [-0.15, -0.1) is 0 Å². The van der Waals surface area contributed by atoms with Crippen LogP contribution in [-0.2, 0) is 6.42 Å². The van der Waals surface area contributed by atoms with Crippen molar-refractivity contribution in [1.82, 2.24) is 15.1 Å². The lowest BCUT2D eigenvalue weighted by atomic mass is 9.93. The summed E-state index contributed by atoms with van der Waals surface area (Å²) in [6.07, 6.45) is 12.0. The van der Waals surface area contributed by atoms with Crippen molar-refractivity contribution in [2.45, 2.75) is 64.5 Å². The lowest BCUT2D eigenvalue weighted by molar-refractivity contribution is 0.501. The van der Waals surface area contributed by atoms with E-state index in [-0.39, 0.29) is 0 Å². The van der Waals surface area contributed by atoms with Gasteiger partial charge in [0.25, 0.3) is 0 Å². The first-order valence-corrected chi connectivity index (χ1v) is 7.58. The van der Waals surface area contributed by atoms with Crippen LogP contribution < -0.4 is 5.32 Å². The Hall–Kier alpha value is -1.09. The maximum atomic E-state index is 4.65. The second-order valence-electron chi connectivity index (χ2n) is 5.88. The molecule has 1 heterocycles. The highest BCUT2D eigenvalue weighted by Crippen LogP contribution is 2.22. The van der Waals surface area contributed by atoms with E-state index in [4.69, 9.17) is 0 Å². The molecule has 1 aromatic rings. The quantitative estimate of drug-likeness (QED) is 0.794. The summed E-state index contributed by atoms with van der Waals surface area (Å²) in [6, 6.07) is 3.11. The number of hydrogen-bond acceptors (Lipinski definition) is 2. The molecule has 0 aromatic carbocycles. The van der Waals surface area contributed by atoms with Crippen molar-refractivity contribution in [1.29, 1.82) is 0 Å². The maximum Gasteiger partial charge on any atom is 0.0640 e. The summed E-state index contributed by atoms with van der Waals surface area (Å²) in [5, 5.41) is 8.09. The van der Waals surface area contributed by atoms with Crippen LogP contribution in [0.25, 0.3) is 0 Å². The Balaban J connectivity index is 1.92. The molecule has 19 heavy (non-hydrogen) atoms. The first-order valence-electron chi connectivity index (χ1n) is 7.58. The normalized spacial score (nSPS) is 17.6. The molecule has 0 saturated heterocycles. The largest absolute Gasteiger partial charge is 0.316 e. The molecule has 1 unspecified atom stereocenters. The molecule has 2 rings (SSSR count). The molecule has 0 aliphatic heterocycles. The molecule has 1 aromatic heterocycles. The minimum absolute atomic E-state index is 0.447. The van der Waals surface area contributed by atoms with E-state index in [1.807, 2.05) is 4.68 Å². The maximum absolute atomic E-state index is 4.65. The molecule has 3 heteroatoms. The van der Waals surface area contributed by atoms with E-state index in [2.05, 4.69) is 49.6 Å². The third-order valence-corrected chi connectivity index (χ3v) is 3.95. The zero-order chi connectivity index (χ0) is 13.7. The molecule has 0 radical (unpaired) electrons. The van der Waals surface area contributed by atoms with Gasteiger partial charge in [-0.25, -0.2) is 0 Å². The van der Waals surface area contributed by atoms with Gasteiger partial charge in [-0.3, -0.25) is 4.68 Å². The van der Waals surface area contributed by atoms with Crippen molar-refractivity contribution >= 4 is 0 Å². The van der Waals surface area contributed by atoms with E-state index in [1.165, 1.54) is 37.8 Å². The third kappa shape index (κ3) is 4.20. The van der Waals surface area contributed by atoms with Crippen molar-refractivity contribution in [2.24, 2.45) is 0 Å². The lowest BCUT2D eigenvalue weighted by Crippen LogP contribution is -2.28. The van der Waals surface area contributed by atoms with E-state index in [1.54, 1.807) is 5.57 Å². The van der Waals surface area contributed by atoms with E-state index >= 15 is 0 Å². The van der Waals surface area contributed by atoms with Crippen molar-refractivity contribution in [3.63, 3.8) is 0 Å². The highest BCUT2D eigenvalue weighted by Gasteiger charge is 2.13. The van der Waals surface area contributed by atoms with Crippen LogP contribution in [-0.4, -0.2) is 22.9 Å². The molecule has 0 bridgehead atoms. The van der Waals surface area contributed by atoms with Gasteiger partial charge in [-0.1, -0.05) is 11.6 Å². The summed E-state index contributed by atoms with van der Waals surface area (Å²) in [7, 11) is 2.06. The molecular weight excluding hydrogens is 234 g/mol. The fourth-order valence-electron chi connectivity index (χ4n) is 2.71. The van der Waals surface area contributed by atoms with Crippen LogP contribution in [0.4, 0.5) is 0 Å². The van der Waals surface area contributed by atoms with Crippen LogP contribution in [0, 0.1) is 0 Å². The molecule has 1 aliphatic carbocycles. The monoisotopic (exact) mass is 261 g/mol. The average molecular weight is 261 g/mol. The number of nitrogens with zero attached hydrogens (tertiary/aromatic N) is 2. The van der Waals surface area contributed by atoms with E-state index in [0.717, 1.165) is 6.42 Å². The first-order chi connectivity index (χ1) is 9.19.